The number of halogens is 1. The van der Waals surface area contributed by atoms with Crippen LogP contribution in [0.25, 0.3) is 10.9 Å². The molecule has 0 atom stereocenters. The Hall–Kier alpha value is -3.35. The number of benzene rings is 2. The Labute approximate surface area is 187 Å². The van der Waals surface area contributed by atoms with Crippen molar-refractivity contribution in [2.45, 2.75) is 32.9 Å². The average molecular weight is 438 g/mol. The lowest BCUT2D eigenvalue weighted by atomic mass is 10.2. The molecule has 1 saturated heterocycles. The molecule has 1 aromatic heterocycles. The standard InChI is InChI=1S/C25H28FN3O3/c1-25(2,3)32-24(31)28-14-12-27(13-15-28)23(30)22-16-19-6-4-5-7-21(19)29(22)17-18-8-10-20(26)11-9-18/h4-11,16H,12-15,17H2,1-3H3. The maximum absolute atomic E-state index is 13.5. The molecule has 1 aliphatic heterocycles. The van der Waals surface area contributed by atoms with Crippen LogP contribution in [-0.2, 0) is 11.3 Å². The zero-order valence-electron chi connectivity index (χ0n) is 18.7. The van der Waals surface area contributed by atoms with E-state index in [0.29, 0.717) is 38.4 Å². The molecule has 6 nitrogen and oxygen atoms in total. The normalized spacial score (nSPS) is 14.6. The first-order chi connectivity index (χ1) is 15.2. The molecule has 0 bridgehead atoms. The van der Waals surface area contributed by atoms with Gasteiger partial charge in [0.25, 0.3) is 5.91 Å². The van der Waals surface area contributed by atoms with E-state index in [2.05, 4.69) is 0 Å². The Morgan fingerprint density at radius 2 is 1.56 bits per heavy atom. The molecule has 0 spiro atoms. The number of carbonyl (C=O) groups is 2. The molecule has 4 rings (SSSR count). The van der Waals surface area contributed by atoms with Crippen molar-refractivity contribution in [3.8, 4) is 0 Å². The summed E-state index contributed by atoms with van der Waals surface area (Å²) in [6.45, 7) is 7.72. The average Bonchev–Trinajstić information content (AvgIpc) is 3.12. The molecule has 2 amide bonds. The van der Waals surface area contributed by atoms with E-state index in [1.54, 1.807) is 21.9 Å². The van der Waals surface area contributed by atoms with Gasteiger partial charge in [-0.3, -0.25) is 4.79 Å². The van der Waals surface area contributed by atoms with Crippen molar-refractivity contribution in [3.05, 3.63) is 71.7 Å². The molecular formula is C25H28FN3O3. The van der Waals surface area contributed by atoms with Gasteiger partial charge in [0, 0.05) is 43.6 Å². The quantitative estimate of drug-likeness (QED) is 0.605. The number of nitrogens with zero attached hydrogens (tertiary/aromatic N) is 3. The number of para-hydroxylation sites is 1. The molecule has 0 aliphatic carbocycles. The first kappa shape index (κ1) is 21.9. The molecule has 0 unspecified atom stereocenters. The number of hydrogen-bond donors (Lipinski definition) is 0. The minimum Gasteiger partial charge on any atom is -0.444 e. The first-order valence-electron chi connectivity index (χ1n) is 10.8. The minimum atomic E-state index is -0.550. The molecule has 0 saturated carbocycles. The minimum absolute atomic E-state index is 0.0767. The van der Waals surface area contributed by atoms with E-state index in [-0.39, 0.29) is 17.8 Å². The van der Waals surface area contributed by atoms with Crippen LogP contribution in [-0.4, -0.2) is 58.1 Å². The Kier molecular flexibility index (Phi) is 5.91. The van der Waals surface area contributed by atoms with Crippen LogP contribution in [0.2, 0.25) is 0 Å². The fourth-order valence-electron chi connectivity index (χ4n) is 3.91. The van der Waals surface area contributed by atoms with Crippen molar-refractivity contribution in [3.63, 3.8) is 0 Å². The Balaban J connectivity index is 1.54. The molecule has 32 heavy (non-hydrogen) atoms. The number of fused-ring (bicyclic) bond motifs is 1. The van der Waals surface area contributed by atoms with E-state index >= 15 is 0 Å². The molecule has 7 heteroatoms. The topological polar surface area (TPSA) is 54.8 Å². The van der Waals surface area contributed by atoms with Gasteiger partial charge in [0.15, 0.2) is 0 Å². The van der Waals surface area contributed by atoms with Gasteiger partial charge in [-0.1, -0.05) is 30.3 Å². The number of carbonyl (C=O) groups excluding carboxylic acids is 2. The van der Waals surface area contributed by atoms with Gasteiger partial charge in [0.05, 0.1) is 0 Å². The molecule has 0 N–H and O–H groups in total. The molecule has 0 radical (unpaired) electrons. The molecule has 1 aliphatic rings. The molecule has 168 valence electrons. The van der Waals surface area contributed by atoms with Gasteiger partial charge in [-0.05, 0) is 50.6 Å². The summed E-state index contributed by atoms with van der Waals surface area (Å²) in [7, 11) is 0. The number of piperazine rings is 1. The summed E-state index contributed by atoms with van der Waals surface area (Å²) in [6.07, 6.45) is -0.352. The molecule has 2 heterocycles. The lowest BCUT2D eigenvalue weighted by Gasteiger charge is -2.35. The second kappa shape index (κ2) is 8.65. The summed E-state index contributed by atoms with van der Waals surface area (Å²) in [5, 5.41) is 0.977. The highest BCUT2D eigenvalue weighted by atomic mass is 19.1. The fourth-order valence-corrected chi connectivity index (χ4v) is 3.91. The lowest BCUT2D eigenvalue weighted by Crippen LogP contribution is -2.51. The van der Waals surface area contributed by atoms with Crippen molar-refractivity contribution in [1.29, 1.82) is 0 Å². The Bertz CT molecular complexity index is 1120. The molecular weight excluding hydrogens is 409 g/mol. The van der Waals surface area contributed by atoms with Gasteiger partial charge in [-0.2, -0.15) is 0 Å². The highest BCUT2D eigenvalue weighted by Gasteiger charge is 2.29. The van der Waals surface area contributed by atoms with Crippen LogP contribution in [0.4, 0.5) is 9.18 Å². The number of aromatic nitrogens is 1. The lowest BCUT2D eigenvalue weighted by molar-refractivity contribution is 0.0139. The second-order valence-corrected chi connectivity index (χ2v) is 9.06. The van der Waals surface area contributed by atoms with E-state index < -0.39 is 5.60 Å². The third kappa shape index (κ3) is 4.77. The van der Waals surface area contributed by atoms with Crippen LogP contribution in [0, 0.1) is 5.82 Å². The predicted molar refractivity (Wildman–Crippen MR) is 121 cm³/mol. The van der Waals surface area contributed by atoms with Gasteiger partial charge in [-0.25, -0.2) is 9.18 Å². The SMILES string of the molecule is CC(C)(C)OC(=O)N1CCN(C(=O)c2cc3ccccc3n2Cc2ccc(F)cc2)CC1. The van der Waals surface area contributed by atoms with Crippen molar-refractivity contribution in [1.82, 2.24) is 14.4 Å². The van der Waals surface area contributed by atoms with Gasteiger partial charge < -0.3 is 19.1 Å². The first-order valence-corrected chi connectivity index (χ1v) is 10.8. The third-order valence-electron chi connectivity index (χ3n) is 5.50. The number of amides is 2. The van der Waals surface area contributed by atoms with Crippen LogP contribution in [0.1, 0.15) is 36.8 Å². The maximum atomic E-state index is 13.5. The van der Waals surface area contributed by atoms with Crippen molar-refractivity contribution in [2.75, 3.05) is 26.2 Å². The van der Waals surface area contributed by atoms with Crippen molar-refractivity contribution in [2.24, 2.45) is 0 Å². The predicted octanol–water partition coefficient (Wildman–Crippen LogP) is 4.52. The van der Waals surface area contributed by atoms with Gasteiger partial charge in [-0.15, -0.1) is 0 Å². The number of ether oxygens (including phenoxy) is 1. The van der Waals surface area contributed by atoms with Crippen LogP contribution < -0.4 is 0 Å². The number of hydrogen-bond acceptors (Lipinski definition) is 3. The van der Waals surface area contributed by atoms with Crippen LogP contribution in [0.5, 0.6) is 0 Å². The zero-order valence-corrected chi connectivity index (χ0v) is 18.7. The largest absolute Gasteiger partial charge is 0.444 e. The number of rotatable bonds is 3. The van der Waals surface area contributed by atoms with Crippen LogP contribution in [0.15, 0.2) is 54.6 Å². The summed E-state index contributed by atoms with van der Waals surface area (Å²) < 4.78 is 20.8. The van der Waals surface area contributed by atoms with E-state index in [1.165, 1.54) is 12.1 Å². The Morgan fingerprint density at radius 3 is 2.22 bits per heavy atom. The van der Waals surface area contributed by atoms with Gasteiger partial charge >= 0.3 is 6.09 Å². The third-order valence-corrected chi connectivity index (χ3v) is 5.50. The van der Waals surface area contributed by atoms with Gasteiger partial charge in [0.2, 0.25) is 0 Å². The Morgan fingerprint density at radius 1 is 0.938 bits per heavy atom. The van der Waals surface area contributed by atoms with E-state index in [9.17, 15) is 14.0 Å². The smallest absolute Gasteiger partial charge is 0.410 e. The molecule has 2 aromatic carbocycles. The highest BCUT2D eigenvalue weighted by molar-refractivity contribution is 5.99. The van der Waals surface area contributed by atoms with Crippen LogP contribution >= 0.6 is 0 Å². The summed E-state index contributed by atoms with van der Waals surface area (Å²) >= 11 is 0. The summed E-state index contributed by atoms with van der Waals surface area (Å²) in [5.41, 5.74) is 1.90. The fraction of sp³-hybridized carbons (Fsp3) is 0.360. The summed E-state index contributed by atoms with van der Waals surface area (Å²) in [5.74, 6) is -0.363. The zero-order chi connectivity index (χ0) is 22.9. The molecule has 1 fully saturated rings. The summed E-state index contributed by atoms with van der Waals surface area (Å²) in [6, 6.07) is 16.1. The van der Waals surface area contributed by atoms with Crippen molar-refractivity contribution < 1.29 is 18.7 Å². The van der Waals surface area contributed by atoms with Crippen molar-refractivity contribution >= 4 is 22.9 Å². The van der Waals surface area contributed by atoms with Crippen LogP contribution in [0.3, 0.4) is 0 Å². The monoisotopic (exact) mass is 437 g/mol. The van der Waals surface area contributed by atoms with E-state index in [0.717, 1.165) is 16.5 Å². The van der Waals surface area contributed by atoms with E-state index in [4.69, 9.17) is 4.74 Å². The summed E-state index contributed by atoms with van der Waals surface area (Å²) in [4.78, 5) is 29.2. The maximum Gasteiger partial charge on any atom is 0.410 e. The van der Waals surface area contributed by atoms with Gasteiger partial charge in [0.1, 0.15) is 17.1 Å². The second-order valence-electron chi connectivity index (χ2n) is 9.06. The van der Waals surface area contributed by atoms with E-state index in [1.807, 2.05) is 55.7 Å². The highest BCUT2D eigenvalue weighted by Crippen LogP contribution is 2.23. The molecule has 3 aromatic rings.